The molecule has 7 heteroatoms. The normalized spacial score (nSPS) is 12.4. The molecule has 0 aliphatic carbocycles. The number of hydrogen-bond donors (Lipinski definition) is 1. The zero-order valence-corrected chi connectivity index (χ0v) is 26.0. The second-order valence-corrected chi connectivity index (χ2v) is 11.1. The van der Waals surface area contributed by atoms with E-state index in [1.165, 1.54) is 69.8 Å². The van der Waals surface area contributed by atoms with Gasteiger partial charge in [0.1, 0.15) is 0 Å². The van der Waals surface area contributed by atoms with Crippen LogP contribution >= 0.6 is 40.3 Å². The molecule has 1 aliphatic heterocycles. The van der Waals surface area contributed by atoms with E-state index in [4.69, 9.17) is 16.3 Å². The molecule has 0 radical (unpaired) electrons. The average molecular weight is 624 g/mol. The predicted molar refractivity (Wildman–Crippen MR) is 170 cm³/mol. The summed E-state index contributed by atoms with van der Waals surface area (Å²) in [5.74, 6) is 1.24. The summed E-state index contributed by atoms with van der Waals surface area (Å²) in [7, 11) is 0. The number of benzene rings is 2. The van der Waals surface area contributed by atoms with Gasteiger partial charge in [-0.25, -0.2) is 0 Å². The zero-order valence-electron chi connectivity index (χ0n) is 22.8. The molecule has 1 amide bonds. The van der Waals surface area contributed by atoms with Crippen molar-refractivity contribution in [2.45, 2.75) is 90.5 Å². The molecule has 2 aromatic carbocycles. The summed E-state index contributed by atoms with van der Waals surface area (Å²) in [5.41, 5.74) is 2.43. The van der Waals surface area contributed by atoms with E-state index in [1.54, 1.807) is 30.0 Å². The van der Waals surface area contributed by atoms with Crippen LogP contribution in [0.15, 0.2) is 54.1 Å². The number of para-hydroxylation sites is 1. The summed E-state index contributed by atoms with van der Waals surface area (Å²) in [6.45, 7) is 3.70. The van der Waals surface area contributed by atoms with Gasteiger partial charge >= 0.3 is 0 Å². The van der Waals surface area contributed by atoms with Crippen LogP contribution in [-0.2, 0) is 6.54 Å². The van der Waals surface area contributed by atoms with Gasteiger partial charge in [-0.05, 0) is 41.7 Å². The van der Waals surface area contributed by atoms with Gasteiger partial charge in [0.2, 0.25) is 0 Å². The second kappa shape index (κ2) is 19.4. The number of anilines is 1. The number of carbonyl (C=O) groups is 1. The van der Waals surface area contributed by atoms with Crippen molar-refractivity contribution in [1.82, 2.24) is 4.90 Å². The quantitative estimate of drug-likeness (QED) is 0.168. The van der Waals surface area contributed by atoms with Crippen LogP contribution in [0.5, 0.6) is 5.75 Å². The summed E-state index contributed by atoms with van der Waals surface area (Å²) < 4.78 is 6.01. The molecule has 0 saturated heterocycles. The molecule has 0 spiro atoms. The molecule has 3 rings (SSSR count). The van der Waals surface area contributed by atoms with Crippen molar-refractivity contribution < 1.29 is 9.53 Å². The SMILES string of the molecule is Br.CCCCCCCCCCCCCCOc1c(Cl)cccc1C(=O)Nc1ccc(CN2C=CSC2)cc1. The minimum atomic E-state index is -0.209. The van der Waals surface area contributed by atoms with E-state index >= 15 is 0 Å². The highest BCUT2D eigenvalue weighted by atomic mass is 79.9. The van der Waals surface area contributed by atoms with Crippen LogP contribution < -0.4 is 10.1 Å². The maximum absolute atomic E-state index is 13.0. The third kappa shape index (κ3) is 12.0. The van der Waals surface area contributed by atoms with Gasteiger partial charge in [-0.1, -0.05) is 107 Å². The summed E-state index contributed by atoms with van der Waals surface area (Å²) in [6.07, 6.45) is 17.7. The third-order valence-electron chi connectivity index (χ3n) is 6.66. The van der Waals surface area contributed by atoms with E-state index in [2.05, 4.69) is 40.9 Å². The van der Waals surface area contributed by atoms with Crippen molar-refractivity contribution in [2.75, 3.05) is 17.8 Å². The first-order chi connectivity index (χ1) is 18.2. The van der Waals surface area contributed by atoms with Gasteiger partial charge in [-0.2, -0.15) is 0 Å². The average Bonchev–Trinajstić information content (AvgIpc) is 3.41. The molecule has 0 aromatic heterocycles. The highest BCUT2D eigenvalue weighted by molar-refractivity contribution is 8.93. The van der Waals surface area contributed by atoms with Gasteiger partial charge in [0, 0.05) is 18.4 Å². The Morgan fingerprint density at radius 1 is 0.921 bits per heavy atom. The number of ether oxygens (including phenoxy) is 1. The van der Waals surface area contributed by atoms with Crippen LogP contribution in [0.4, 0.5) is 5.69 Å². The Kier molecular flexibility index (Phi) is 16.7. The number of amides is 1. The van der Waals surface area contributed by atoms with Crippen LogP contribution in [0, 0.1) is 0 Å². The van der Waals surface area contributed by atoms with Gasteiger partial charge in [0.05, 0.1) is 23.1 Å². The molecule has 4 nitrogen and oxygen atoms in total. The Balaban J connectivity index is 0.00000507. The van der Waals surface area contributed by atoms with E-state index < -0.39 is 0 Å². The minimum Gasteiger partial charge on any atom is -0.491 e. The number of unbranched alkanes of at least 4 members (excludes halogenated alkanes) is 11. The molecule has 1 N–H and O–H groups in total. The highest BCUT2D eigenvalue weighted by Gasteiger charge is 2.16. The fourth-order valence-electron chi connectivity index (χ4n) is 4.49. The molecule has 0 saturated carbocycles. The van der Waals surface area contributed by atoms with E-state index in [-0.39, 0.29) is 22.9 Å². The first-order valence-corrected chi connectivity index (χ1v) is 15.4. The van der Waals surface area contributed by atoms with Crippen molar-refractivity contribution in [3.63, 3.8) is 0 Å². The summed E-state index contributed by atoms with van der Waals surface area (Å²) in [6, 6.07) is 13.3. The Morgan fingerprint density at radius 2 is 1.55 bits per heavy atom. The maximum Gasteiger partial charge on any atom is 0.259 e. The summed E-state index contributed by atoms with van der Waals surface area (Å²) in [5, 5.41) is 5.57. The Morgan fingerprint density at radius 3 is 2.16 bits per heavy atom. The van der Waals surface area contributed by atoms with Crippen LogP contribution in [0.3, 0.4) is 0 Å². The Labute approximate surface area is 249 Å². The van der Waals surface area contributed by atoms with Gasteiger partial charge in [0.15, 0.2) is 5.75 Å². The lowest BCUT2D eigenvalue weighted by atomic mass is 10.1. The van der Waals surface area contributed by atoms with Crippen molar-refractivity contribution >= 4 is 51.9 Å². The predicted octanol–water partition coefficient (Wildman–Crippen LogP) is 10.2. The number of carbonyl (C=O) groups excluding carboxylic acids is 1. The molecule has 0 fully saturated rings. The first-order valence-electron chi connectivity index (χ1n) is 14.0. The molecular formula is C31H44BrClN2O2S. The van der Waals surface area contributed by atoms with E-state index in [0.29, 0.717) is 22.9 Å². The molecule has 0 unspecified atom stereocenters. The Hall–Kier alpha value is -1.63. The topological polar surface area (TPSA) is 41.6 Å². The van der Waals surface area contributed by atoms with E-state index in [9.17, 15) is 4.79 Å². The fraction of sp³-hybridized carbons (Fsp3) is 0.516. The molecule has 210 valence electrons. The van der Waals surface area contributed by atoms with Gasteiger partial charge in [-0.15, -0.1) is 28.7 Å². The van der Waals surface area contributed by atoms with Crippen LogP contribution in [0.2, 0.25) is 5.02 Å². The number of nitrogens with zero attached hydrogens (tertiary/aromatic N) is 1. The monoisotopic (exact) mass is 622 g/mol. The van der Waals surface area contributed by atoms with Crippen LogP contribution in [0.1, 0.15) is 99.9 Å². The molecule has 0 bridgehead atoms. The smallest absolute Gasteiger partial charge is 0.259 e. The van der Waals surface area contributed by atoms with Crippen molar-refractivity contribution in [1.29, 1.82) is 0 Å². The van der Waals surface area contributed by atoms with Crippen LogP contribution in [-0.4, -0.2) is 23.3 Å². The number of thioether (sulfide) groups is 1. The number of halogens is 2. The molecule has 1 aliphatic rings. The van der Waals surface area contributed by atoms with Gasteiger partial charge < -0.3 is 15.0 Å². The summed E-state index contributed by atoms with van der Waals surface area (Å²) in [4.78, 5) is 15.3. The van der Waals surface area contributed by atoms with Gasteiger partial charge in [-0.3, -0.25) is 4.79 Å². The largest absolute Gasteiger partial charge is 0.491 e. The van der Waals surface area contributed by atoms with Crippen molar-refractivity contribution in [3.05, 3.63) is 70.2 Å². The lowest BCUT2D eigenvalue weighted by Gasteiger charge is -2.15. The second-order valence-electron chi connectivity index (χ2n) is 9.83. The number of nitrogens with one attached hydrogen (secondary N) is 1. The molecule has 38 heavy (non-hydrogen) atoms. The molecule has 2 aromatic rings. The number of rotatable bonds is 18. The van der Waals surface area contributed by atoms with E-state index in [1.807, 2.05) is 12.1 Å². The fourth-order valence-corrected chi connectivity index (χ4v) is 5.43. The highest BCUT2D eigenvalue weighted by Crippen LogP contribution is 2.30. The van der Waals surface area contributed by atoms with Crippen molar-refractivity contribution in [3.8, 4) is 5.75 Å². The van der Waals surface area contributed by atoms with Gasteiger partial charge in [0.25, 0.3) is 5.91 Å². The zero-order chi connectivity index (χ0) is 26.1. The molecule has 1 heterocycles. The minimum absolute atomic E-state index is 0. The molecule has 0 atom stereocenters. The first kappa shape index (κ1) is 32.6. The van der Waals surface area contributed by atoms with Crippen LogP contribution in [0.25, 0.3) is 0 Å². The number of hydrogen-bond acceptors (Lipinski definition) is 4. The lowest BCUT2D eigenvalue weighted by Crippen LogP contribution is -2.15. The Bertz CT molecular complexity index is 971. The third-order valence-corrected chi connectivity index (χ3v) is 7.75. The standard InChI is InChI=1S/C31H43ClN2O2S.BrH/c1-2-3-4-5-6-7-8-9-10-11-12-13-22-36-30-28(15-14-16-29(30)32)31(35)33-27-19-17-26(18-20-27)24-34-21-23-37-25-34;/h14-21,23H,2-13,22,24-25H2,1H3,(H,33,35);1H. The lowest BCUT2D eigenvalue weighted by molar-refractivity contribution is 0.102. The van der Waals surface area contributed by atoms with Crippen molar-refractivity contribution in [2.24, 2.45) is 0 Å². The molecular weight excluding hydrogens is 580 g/mol. The van der Waals surface area contributed by atoms with E-state index in [0.717, 1.165) is 31.0 Å². The maximum atomic E-state index is 13.0. The summed E-state index contributed by atoms with van der Waals surface area (Å²) >= 11 is 8.21.